The average Bonchev–Trinajstić information content (AvgIpc) is 2.17. The Labute approximate surface area is 96.3 Å². The van der Waals surface area contributed by atoms with E-state index >= 15 is 0 Å². The van der Waals surface area contributed by atoms with Gasteiger partial charge in [-0.15, -0.1) is 12.4 Å². The third-order valence-corrected chi connectivity index (χ3v) is 2.28. The van der Waals surface area contributed by atoms with Crippen LogP contribution in [0.5, 0.6) is 5.75 Å². The number of rotatable bonds is 3. The number of aromatic hydroxyl groups is 1. The van der Waals surface area contributed by atoms with Gasteiger partial charge in [0.1, 0.15) is 5.75 Å². The maximum atomic E-state index is 9.55. The predicted octanol–water partition coefficient (Wildman–Crippen LogP) is 1.93. The zero-order valence-corrected chi connectivity index (χ0v) is 9.79. The second-order valence-electron chi connectivity index (χ2n) is 3.72. The number of phenols is 1. The van der Waals surface area contributed by atoms with Crippen LogP contribution in [0.2, 0.25) is 0 Å². The standard InChI is InChI=1S/C11H17NO2.ClH/c1-7(2)9-5-8(11(14)6-12)3-4-10(9)13;/h3-5,7,11,13-14H,6,12H2,1-2H3;1H. The van der Waals surface area contributed by atoms with E-state index in [9.17, 15) is 10.2 Å². The van der Waals surface area contributed by atoms with Crippen molar-refractivity contribution in [3.05, 3.63) is 29.3 Å². The molecule has 4 N–H and O–H groups in total. The Balaban J connectivity index is 0.00000196. The van der Waals surface area contributed by atoms with Crippen molar-refractivity contribution in [3.63, 3.8) is 0 Å². The average molecular weight is 232 g/mol. The van der Waals surface area contributed by atoms with Gasteiger partial charge in [-0.25, -0.2) is 0 Å². The molecule has 0 heterocycles. The second kappa shape index (κ2) is 5.95. The minimum absolute atomic E-state index is 0. The molecular weight excluding hydrogens is 214 g/mol. The van der Waals surface area contributed by atoms with Gasteiger partial charge < -0.3 is 15.9 Å². The number of hydrogen-bond acceptors (Lipinski definition) is 3. The molecule has 1 aromatic carbocycles. The third kappa shape index (κ3) is 3.38. The van der Waals surface area contributed by atoms with E-state index in [0.29, 0.717) is 0 Å². The molecule has 3 nitrogen and oxygen atoms in total. The zero-order valence-electron chi connectivity index (χ0n) is 8.97. The maximum Gasteiger partial charge on any atom is 0.119 e. The number of halogens is 1. The first-order valence-corrected chi connectivity index (χ1v) is 4.77. The predicted molar refractivity (Wildman–Crippen MR) is 63.5 cm³/mol. The molecule has 0 radical (unpaired) electrons. The minimum atomic E-state index is -0.645. The molecule has 1 atom stereocenters. The number of phenolic OH excluding ortho intramolecular Hbond substituents is 1. The van der Waals surface area contributed by atoms with Gasteiger partial charge in [-0.05, 0) is 29.2 Å². The summed E-state index contributed by atoms with van der Waals surface area (Å²) in [4.78, 5) is 0. The molecular formula is C11H18ClNO2. The van der Waals surface area contributed by atoms with Crippen molar-refractivity contribution < 1.29 is 10.2 Å². The lowest BCUT2D eigenvalue weighted by Crippen LogP contribution is -2.11. The van der Waals surface area contributed by atoms with Gasteiger partial charge in [-0.3, -0.25) is 0 Å². The fourth-order valence-electron chi connectivity index (χ4n) is 1.38. The summed E-state index contributed by atoms with van der Waals surface area (Å²) in [6, 6.07) is 5.10. The van der Waals surface area contributed by atoms with Crippen molar-refractivity contribution in [2.24, 2.45) is 5.73 Å². The highest BCUT2D eigenvalue weighted by Crippen LogP contribution is 2.28. The highest BCUT2D eigenvalue weighted by Gasteiger charge is 2.10. The van der Waals surface area contributed by atoms with E-state index in [1.165, 1.54) is 0 Å². The number of aliphatic hydroxyl groups is 1. The number of aliphatic hydroxyl groups excluding tert-OH is 1. The van der Waals surface area contributed by atoms with Gasteiger partial charge in [-0.2, -0.15) is 0 Å². The Morgan fingerprint density at radius 3 is 2.40 bits per heavy atom. The van der Waals surface area contributed by atoms with Crippen molar-refractivity contribution in [1.82, 2.24) is 0 Å². The lowest BCUT2D eigenvalue weighted by molar-refractivity contribution is 0.186. The van der Waals surface area contributed by atoms with Crippen LogP contribution in [0.4, 0.5) is 0 Å². The largest absolute Gasteiger partial charge is 0.508 e. The fourth-order valence-corrected chi connectivity index (χ4v) is 1.38. The van der Waals surface area contributed by atoms with E-state index in [0.717, 1.165) is 11.1 Å². The van der Waals surface area contributed by atoms with E-state index in [-0.39, 0.29) is 30.6 Å². The van der Waals surface area contributed by atoms with Crippen LogP contribution in [0.3, 0.4) is 0 Å². The molecule has 1 aromatic rings. The summed E-state index contributed by atoms with van der Waals surface area (Å²) in [5.74, 6) is 0.507. The maximum absolute atomic E-state index is 9.55. The summed E-state index contributed by atoms with van der Waals surface area (Å²) in [5.41, 5.74) is 6.96. The molecule has 0 aliphatic heterocycles. The van der Waals surface area contributed by atoms with Gasteiger partial charge in [0.05, 0.1) is 6.10 Å². The molecule has 0 aliphatic rings. The van der Waals surface area contributed by atoms with Crippen molar-refractivity contribution in [2.45, 2.75) is 25.9 Å². The first-order chi connectivity index (χ1) is 6.56. The molecule has 0 aliphatic carbocycles. The topological polar surface area (TPSA) is 66.5 Å². The Hall–Kier alpha value is -0.770. The van der Waals surface area contributed by atoms with Gasteiger partial charge in [0, 0.05) is 6.54 Å². The van der Waals surface area contributed by atoms with Gasteiger partial charge in [0.15, 0.2) is 0 Å². The highest BCUT2D eigenvalue weighted by molar-refractivity contribution is 5.85. The highest BCUT2D eigenvalue weighted by atomic mass is 35.5. The Morgan fingerprint density at radius 2 is 1.93 bits per heavy atom. The van der Waals surface area contributed by atoms with Crippen molar-refractivity contribution >= 4 is 12.4 Å². The van der Waals surface area contributed by atoms with Crippen molar-refractivity contribution in [3.8, 4) is 5.75 Å². The van der Waals surface area contributed by atoms with Crippen molar-refractivity contribution in [2.75, 3.05) is 6.54 Å². The number of benzene rings is 1. The molecule has 1 rings (SSSR count). The lowest BCUT2D eigenvalue weighted by atomic mass is 9.97. The first kappa shape index (κ1) is 14.2. The molecule has 0 aromatic heterocycles. The molecule has 0 saturated heterocycles. The Morgan fingerprint density at radius 1 is 1.33 bits per heavy atom. The molecule has 0 bridgehead atoms. The summed E-state index contributed by atoms with van der Waals surface area (Å²) in [6.45, 7) is 4.18. The van der Waals surface area contributed by atoms with E-state index in [1.807, 2.05) is 13.8 Å². The van der Waals surface area contributed by atoms with Gasteiger partial charge in [0.2, 0.25) is 0 Å². The lowest BCUT2D eigenvalue weighted by Gasteiger charge is -2.13. The van der Waals surface area contributed by atoms with E-state index in [4.69, 9.17) is 5.73 Å². The van der Waals surface area contributed by atoms with Gasteiger partial charge >= 0.3 is 0 Å². The Kier molecular flexibility index (Phi) is 5.65. The third-order valence-electron chi connectivity index (χ3n) is 2.28. The summed E-state index contributed by atoms with van der Waals surface area (Å²) in [6.07, 6.45) is -0.645. The quantitative estimate of drug-likeness (QED) is 0.745. The van der Waals surface area contributed by atoms with Crippen LogP contribution in [-0.4, -0.2) is 16.8 Å². The fraction of sp³-hybridized carbons (Fsp3) is 0.455. The SMILES string of the molecule is CC(C)c1cc(C(O)CN)ccc1O.Cl. The summed E-state index contributed by atoms with van der Waals surface area (Å²) in [7, 11) is 0. The summed E-state index contributed by atoms with van der Waals surface area (Å²) >= 11 is 0. The Bertz CT molecular complexity index is 315. The molecule has 0 fully saturated rings. The van der Waals surface area contributed by atoms with E-state index in [1.54, 1.807) is 18.2 Å². The summed E-state index contributed by atoms with van der Waals surface area (Å²) < 4.78 is 0. The molecule has 15 heavy (non-hydrogen) atoms. The molecule has 1 unspecified atom stereocenters. The monoisotopic (exact) mass is 231 g/mol. The van der Waals surface area contributed by atoms with Crippen LogP contribution in [0, 0.1) is 0 Å². The number of nitrogens with two attached hydrogens (primary N) is 1. The first-order valence-electron chi connectivity index (χ1n) is 4.77. The van der Waals surface area contributed by atoms with Crippen LogP contribution in [0.1, 0.15) is 37.0 Å². The summed E-state index contributed by atoms with van der Waals surface area (Å²) in [5, 5.41) is 19.1. The smallest absolute Gasteiger partial charge is 0.119 e. The molecule has 0 amide bonds. The second-order valence-corrected chi connectivity index (χ2v) is 3.72. The molecule has 0 saturated carbocycles. The molecule has 86 valence electrons. The normalized spacial score (nSPS) is 12.3. The van der Waals surface area contributed by atoms with Gasteiger partial charge in [0.25, 0.3) is 0 Å². The van der Waals surface area contributed by atoms with Crippen LogP contribution >= 0.6 is 12.4 Å². The van der Waals surface area contributed by atoms with Crippen LogP contribution in [-0.2, 0) is 0 Å². The van der Waals surface area contributed by atoms with E-state index in [2.05, 4.69) is 0 Å². The van der Waals surface area contributed by atoms with Gasteiger partial charge in [-0.1, -0.05) is 19.9 Å². The van der Waals surface area contributed by atoms with E-state index < -0.39 is 6.10 Å². The van der Waals surface area contributed by atoms with Crippen LogP contribution < -0.4 is 5.73 Å². The molecule has 0 spiro atoms. The van der Waals surface area contributed by atoms with Crippen molar-refractivity contribution in [1.29, 1.82) is 0 Å². The van der Waals surface area contributed by atoms with Crippen LogP contribution in [0.25, 0.3) is 0 Å². The van der Waals surface area contributed by atoms with Crippen LogP contribution in [0.15, 0.2) is 18.2 Å². The zero-order chi connectivity index (χ0) is 10.7. The molecule has 4 heteroatoms. The number of hydrogen-bond donors (Lipinski definition) is 3. The minimum Gasteiger partial charge on any atom is -0.508 e.